The van der Waals surface area contributed by atoms with Crippen molar-refractivity contribution in [3.05, 3.63) is 23.3 Å². The van der Waals surface area contributed by atoms with Crippen LogP contribution in [-0.4, -0.2) is 55.2 Å². The minimum Gasteiger partial charge on any atom is -0.452 e. The number of nitrogens with zero attached hydrogens (tertiary/aromatic N) is 1. The zero-order valence-electron chi connectivity index (χ0n) is 17.9. The topological polar surface area (TPSA) is 92.8 Å². The second-order valence-electron chi connectivity index (χ2n) is 7.16. The van der Waals surface area contributed by atoms with Gasteiger partial charge in [0.1, 0.15) is 12.3 Å². The third-order valence-electron chi connectivity index (χ3n) is 4.40. The van der Waals surface area contributed by atoms with Crippen molar-refractivity contribution in [1.82, 2.24) is 10.2 Å². The van der Waals surface area contributed by atoms with Crippen molar-refractivity contribution in [2.45, 2.75) is 59.9 Å². The third-order valence-corrected chi connectivity index (χ3v) is 4.40. The summed E-state index contributed by atoms with van der Waals surface area (Å²) in [5, 5.41) is 2.45. The van der Waals surface area contributed by atoms with Gasteiger partial charge in [-0.05, 0) is 52.9 Å². The maximum absolute atomic E-state index is 12.0. The largest absolute Gasteiger partial charge is 0.452 e. The highest BCUT2D eigenvalue weighted by molar-refractivity contribution is 5.91. The Morgan fingerprint density at radius 2 is 1.82 bits per heavy atom. The number of hydrogen-bond donors (Lipinski definition) is 1. The highest BCUT2D eigenvalue weighted by Crippen LogP contribution is 2.17. The van der Waals surface area contributed by atoms with Crippen LogP contribution < -0.4 is 5.32 Å². The van der Waals surface area contributed by atoms with E-state index >= 15 is 0 Å². The van der Waals surface area contributed by atoms with Gasteiger partial charge in [-0.2, -0.15) is 0 Å². The maximum Gasteiger partial charge on any atom is 0.333 e. The lowest BCUT2D eigenvalue weighted by Crippen LogP contribution is -2.47. The van der Waals surface area contributed by atoms with Gasteiger partial charge in [-0.1, -0.05) is 24.6 Å². The lowest BCUT2D eigenvalue weighted by atomic mass is 9.97. The van der Waals surface area contributed by atoms with Gasteiger partial charge in [0.25, 0.3) is 5.91 Å². The molecule has 2 unspecified atom stereocenters. The fourth-order valence-corrected chi connectivity index (χ4v) is 2.56. The summed E-state index contributed by atoms with van der Waals surface area (Å²) in [4.78, 5) is 47.4. The average Bonchev–Trinajstić information content (AvgIpc) is 2.65. The Bertz CT molecular complexity index is 610. The molecule has 158 valence electrons. The van der Waals surface area contributed by atoms with Gasteiger partial charge in [-0.3, -0.25) is 9.59 Å². The molecule has 7 heteroatoms. The van der Waals surface area contributed by atoms with Crippen LogP contribution in [0.5, 0.6) is 0 Å². The summed E-state index contributed by atoms with van der Waals surface area (Å²) < 4.78 is 4.98. The van der Waals surface area contributed by atoms with Crippen molar-refractivity contribution in [2.75, 3.05) is 20.2 Å². The summed E-state index contributed by atoms with van der Waals surface area (Å²) in [7, 11) is 1.47. The van der Waals surface area contributed by atoms with Gasteiger partial charge in [-0.15, -0.1) is 0 Å². The van der Waals surface area contributed by atoms with Crippen molar-refractivity contribution < 1.29 is 23.9 Å². The van der Waals surface area contributed by atoms with E-state index in [2.05, 4.69) is 25.2 Å². The lowest BCUT2D eigenvalue weighted by Gasteiger charge is -2.20. The molecule has 1 N–H and O–H groups in total. The Balaban J connectivity index is 4.31. The highest BCUT2D eigenvalue weighted by Gasteiger charge is 2.20. The van der Waals surface area contributed by atoms with Crippen LogP contribution in [0.2, 0.25) is 0 Å². The smallest absolute Gasteiger partial charge is 0.333 e. The van der Waals surface area contributed by atoms with E-state index in [-0.39, 0.29) is 6.54 Å². The number of aldehydes is 1. The second-order valence-corrected chi connectivity index (χ2v) is 7.16. The van der Waals surface area contributed by atoms with E-state index in [1.54, 1.807) is 6.92 Å². The summed E-state index contributed by atoms with van der Waals surface area (Å²) in [6.45, 7) is 8.95. The molecule has 0 saturated carbocycles. The zero-order valence-corrected chi connectivity index (χ0v) is 17.9. The number of amides is 2. The van der Waals surface area contributed by atoms with Crippen LogP contribution in [0.25, 0.3) is 0 Å². The van der Waals surface area contributed by atoms with Crippen LogP contribution >= 0.6 is 0 Å². The van der Waals surface area contributed by atoms with Gasteiger partial charge < -0.3 is 19.7 Å². The van der Waals surface area contributed by atoms with Crippen molar-refractivity contribution in [3.8, 4) is 0 Å². The van der Waals surface area contributed by atoms with Gasteiger partial charge in [-0.25, -0.2) is 4.79 Å². The molecule has 7 nitrogen and oxygen atoms in total. The van der Waals surface area contributed by atoms with Gasteiger partial charge in [0, 0.05) is 12.6 Å². The number of likely N-dealkylation sites (N-methyl/N-ethyl adjacent to an activating group) is 1. The first-order chi connectivity index (χ1) is 13.1. The van der Waals surface area contributed by atoms with Gasteiger partial charge in [0.15, 0.2) is 6.61 Å². The predicted molar refractivity (Wildman–Crippen MR) is 108 cm³/mol. The number of allylic oxidation sites excluding steroid dienone is 3. The van der Waals surface area contributed by atoms with Gasteiger partial charge in [0.2, 0.25) is 5.91 Å². The van der Waals surface area contributed by atoms with E-state index in [4.69, 9.17) is 4.74 Å². The van der Waals surface area contributed by atoms with Crippen molar-refractivity contribution in [1.29, 1.82) is 0 Å². The minimum atomic E-state index is -0.810. The van der Waals surface area contributed by atoms with E-state index in [9.17, 15) is 19.2 Å². The van der Waals surface area contributed by atoms with E-state index in [1.807, 2.05) is 13.0 Å². The zero-order chi connectivity index (χ0) is 21.7. The Labute approximate surface area is 168 Å². The van der Waals surface area contributed by atoms with Crippen LogP contribution in [0.15, 0.2) is 23.3 Å². The molecule has 0 aromatic carbocycles. The lowest BCUT2D eigenvalue weighted by molar-refractivity contribution is -0.145. The molecule has 0 aromatic rings. The molecule has 0 aliphatic heterocycles. The van der Waals surface area contributed by atoms with E-state index in [0.29, 0.717) is 17.8 Å². The number of ether oxygens (including phenoxy) is 1. The molecule has 28 heavy (non-hydrogen) atoms. The Kier molecular flexibility index (Phi) is 12.5. The Morgan fingerprint density at radius 3 is 2.39 bits per heavy atom. The first-order valence-corrected chi connectivity index (χ1v) is 9.55. The molecular weight excluding hydrogens is 360 g/mol. The molecule has 0 heterocycles. The van der Waals surface area contributed by atoms with Crippen LogP contribution in [0.4, 0.5) is 0 Å². The Morgan fingerprint density at radius 1 is 1.18 bits per heavy atom. The number of rotatable bonds is 12. The molecule has 0 fully saturated rings. The standard InChI is InChI=1S/C21H34N2O5/c1-7-15(2)13-16(3)9-8-10-17(4)21(27)28-14-19(25)22-18(5)20(26)23(6)11-12-24/h7,10,12,16,18H,8-9,11,13-14H2,1-6H3,(H,22,25)/b15-7+,17-10+. The van der Waals surface area contributed by atoms with Crippen LogP contribution in [0.3, 0.4) is 0 Å². The van der Waals surface area contributed by atoms with Crippen molar-refractivity contribution in [3.63, 3.8) is 0 Å². The summed E-state index contributed by atoms with van der Waals surface area (Å²) in [5.41, 5.74) is 1.81. The monoisotopic (exact) mass is 394 g/mol. The molecule has 0 spiro atoms. The molecule has 0 saturated heterocycles. The predicted octanol–water partition coefficient (Wildman–Crippen LogP) is 2.41. The summed E-state index contributed by atoms with van der Waals surface area (Å²) in [6, 6.07) is -0.810. The highest BCUT2D eigenvalue weighted by atomic mass is 16.5. The SMILES string of the molecule is C/C=C(\C)CC(C)CC/C=C(\C)C(=O)OCC(=O)NC(C)C(=O)N(C)CC=O. The molecule has 0 radical (unpaired) electrons. The summed E-state index contributed by atoms with van der Waals surface area (Å²) >= 11 is 0. The molecule has 0 bridgehead atoms. The molecular formula is C21H34N2O5. The molecule has 2 amide bonds. The molecule has 0 aliphatic carbocycles. The molecule has 0 aromatic heterocycles. The number of esters is 1. The first kappa shape index (κ1) is 25.6. The first-order valence-electron chi connectivity index (χ1n) is 9.55. The van der Waals surface area contributed by atoms with E-state index < -0.39 is 30.4 Å². The Hall–Kier alpha value is -2.44. The van der Waals surface area contributed by atoms with E-state index in [1.165, 1.54) is 24.4 Å². The average molecular weight is 395 g/mol. The number of nitrogens with one attached hydrogen (secondary N) is 1. The number of hydrogen-bond acceptors (Lipinski definition) is 5. The summed E-state index contributed by atoms with van der Waals surface area (Å²) in [5.74, 6) is -0.995. The van der Waals surface area contributed by atoms with Gasteiger partial charge >= 0.3 is 5.97 Å². The second kappa shape index (κ2) is 13.7. The van der Waals surface area contributed by atoms with E-state index in [0.717, 1.165) is 19.3 Å². The molecule has 0 aliphatic rings. The summed E-state index contributed by atoms with van der Waals surface area (Å²) in [6.07, 6.45) is 7.29. The third kappa shape index (κ3) is 10.6. The number of carbonyl (C=O) groups is 4. The van der Waals surface area contributed by atoms with Crippen LogP contribution in [0, 0.1) is 5.92 Å². The molecule has 2 atom stereocenters. The fraction of sp³-hybridized carbons (Fsp3) is 0.619. The van der Waals surface area contributed by atoms with Crippen molar-refractivity contribution in [2.24, 2.45) is 5.92 Å². The van der Waals surface area contributed by atoms with Crippen molar-refractivity contribution >= 4 is 24.1 Å². The normalized spacial score (nSPS) is 14.1. The van der Waals surface area contributed by atoms with Gasteiger partial charge in [0.05, 0.1) is 6.54 Å². The molecule has 0 rings (SSSR count). The quantitative estimate of drug-likeness (QED) is 0.237. The maximum atomic E-state index is 12.0. The van der Waals surface area contributed by atoms with Crippen LogP contribution in [-0.2, 0) is 23.9 Å². The minimum absolute atomic E-state index is 0.0507. The number of carbonyl (C=O) groups excluding carboxylic acids is 4. The van der Waals surface area contributed by atoms with Crippen LogP contribution in [0.1, 0.15) is 53.9 Å². The fourth-order valence-electron chi connectivity index (χ4n) is 2.56.